The van der Waals surface area contributed by atoms with Crippen molar-refractivity contribution in [1.82, 2.24) is 25.5 Å². The molecule has 3 atom stereocenters. The third-order valence-corrected chi connectivity index (χ3v) is 5.74. The summed E-state index contributed by atoms with van der Waals surface area (Å²) in [6.45, 7) is 2.74. The smallest absolute Gasteiger partial charge is 0.251 e. The van der Waals surface area contributed by atoms with E-state index in [1.807, 2.05) is 25.1 Å². The van der Waals surface area contributed by atoms with Crippen LogP contribution in [0.3, 0.4) is 0 Å². The number of carbonyl (C=O) groups excluding carboxylic acids is 1. The van der Waals surface area contributed by atoms with Gasteiger partial charge in [-0.1, -0.05) is 6.42 Å². The molecule has 2 fully saturated rings. The van der Waals surface area contributed by atoms with Gasteiger partial charge in [0, 0.05) is 12.1 Å². The molecule has 0 saturated heterocycles. The Morgan fingerprint density at radius 2 is 2.25 bits per heavy atom. The second-order valence-corrected chi connectivity index (χ2v) is 7.24. The van der Waals surface area contributed by atoms with Crippen LogP contribution in [0, 0.1) is 24.7 Å². The molecule has 0 aliphatic heterocycles. The Kier molecular flexibility index (Phi) is 4.04. The van der Waals surface area contributed by atoms with Crippen molar-refractivity contribution in [1.29, 1.82) is 0 Å². The van der Waals surface area contributed by atoms with Crippen molar-refractivity contribution >= 4 is 5.91 Å². The monoisotopic (exact) mass is 325 g/mol. The molecule has 1 N–H and O–H groups in total. The van der Waals surface area contributed by atoms with E-state index in [9.17, 15) is 4.79 Å². The summed E-state index contributed by atoms with van der Waals surface area (Å²) in [5.74, 6) is 2.72. The highest BCUT2D eigenvalue weighted by atomic mass is 16.1. The minimum absolute atomic E-state index is 0.00419. The molecule has 24 heavy (non-hydrogen) atoms. The molecule has 0 spiro atoms. The van der Waals surface area contributed by atoms with Crippen molar-refractivity contribution in [2.45, 2.75) is 39.0 Å². The summed E-state index contributed by atoms with van der Waals surface area (Å²) in [7, 11) is 0. The molecule has 6 nitrogen and oxygen atoms in total. The maximum Gasteiger partial charge on any atom is 0.251 e. The molecule has 126 valence electrons. The molecular weight excluding hydrogens is 302 g/mol. The quantitative estimate of drug-likeness (QED) is 0.917. The Morgan fingerprint density at radius 1 is 1.33 bits per heavy atom. The van der Waals surface area contributed by atoms with Gasteiger partial charge in [0.25, 0.3) is 5.91 Å². The average Bonchev–Trinajstić information content (AvgIpc) is 3.32. The zero-order valence-electron chi connectivity index (χ0n) is 14.0. The Balaban J connectivity index is 1.34. The Labute approximate surface area is 141 Å². The molecule has 2 saturated carbocycles. The van der Waals surface area contributed by atoms with Gasteiger partial charge in [0.05, 0.1) is 5.69 Å². The van der Waals surface area contributed by atoms with Gasteiger partial charge in [-0.25, -0.2) is 4.68 Å². The largest absolute Gasteiger partial charge is 0.352 e. The van der Waals surface area contributed by atoms with E-state index in [-0.39, 0.29) is 5.91 Å². The number of aromatic nitrogens is 4. The number of hydrogen-bond donors (Lipinski definition) is 1. The SMILES string of the molecule is Cc1cc(C(=O)NCCC2CC3CCC2C3)ccc1-n1cnnn1. The van der Waals surface area contributed by atoms with Crippen molar-refractivity contribution in [2.24, 2.45) is 17.8 Å². The van der Waals surface area contributed by atoms with Crippen LogP contribution < -0.4 is 5.32 Å². The van der Waals surface area contributed by atoms with Crippen LogP contribution >= 0.6 is 0 Å². The summed E-state index contributed by atoms with van der Waals surface area (Å²) in [4.78, 5) is 12.4. The molecule has 4 rings (SSSR count). The first-order valence-corrected chi connectivity index (χ1v) is 8.83. The van der Waals surface area contributed by atoms with Gasteiger partial charge in [-0.2, -0.15) is 0 Å². The van der Waals surface area contributed by atoms with E-state index in [0.29, 0.717) is 5.56 Å². The van der Waals surface area contributed by atoms with Crippen molar-refractivity contribution in [3.8, 4) is 5.69 Å². The molecule has 0 radical (unpaired) electrons. The summed E-state index contributed by atoms with van der Waals surface area (Å²) >= 11 is 0. The van der Waals surface area contributed by atoms with Gasteiger partial charge in [-0.15, -0.1) is 5.10 Å². The van der Waals surface area contributed by atoms with E-state index in [2.05, 4.69) is 20.8 Å². The first-order chi connectivity index (χ1) is 11.7. The highest BCUT2D eigenvalue weighted by Crippen LogP contribution is 2.49. The number of tetrazole rings is 1. The Bertz CT molecular complexity index is 727. The van der Waals surface area contributed by atoms with Crippen LogP contribution in [0.1, 0.15) is 48.0 Å². The summed E-state index contributed by atoms with van der Waals surface area (Å²) in [5, 5.41) is 14.3. The van der Waals surface area contributed by atoms with Crippen LogP contribution in [0.5, 0.6) is 0 Å². The molecule has 2 bridgehead atoms. The molecule has 2 aliphatic carbocycles. The zero-order valence-corrected chi connectivity index (χ0v) is 14.0. The van der Waals surface area contributed by atoms with E-state index >= 15 is 0 Å². The summed E-state index contributed by atoms with van der Waals surface area (Å²) < 4.78 is 1.60. The lowest BCUT2D eigenvalue weighted by atomic mass is 9.86. The maximum atomic E-state index is 12.4. The molecule has 6 heteroatoms. The third-order valence-electron chi connectivity index (χ3n) is 5.74. The normalized spacial score (nSPS) is 25.1. The van der Waals surface area contributed by atoms with Crippen molar-refractivity contribution in [3.63, 3.8) is 0 Å². The van der Waals surface area contributed by atoms with Gasteiger partial charge in [0.2, 0.25) is 0 Å². The Morgan fingerprint density at radius 3 is 2.92 bits per heavy atom. The summed E-state index contributed by atoms with van der Waals surface area (Å²) in [5.41, 5.74) is 2.55. The lowest BCUT2D eigenvalue weighted by Gasteiger charge is -2.21. The standard InChI is InChI=1S/C18H23N5O/c1-12-8-16(4-5-17(12)23-11-20-21-22-23)18(24)19-7-6-15-10-13-2-3-14(15)9-13/h4-5,8,11,13-15H,2-3,6-7,9-10H2,1H3,(H,19,24). The predicted octanol–water partition coefficient (Wildman–Crippen LogP) is 2.53. The summed E-state index contributed by atoms with van der Waals surface area (Å²) in [6, 6.07) is 5.61. The highest BCUT2D eigenvalue weighted by molar-refractivity contribution is 5.94. The second-order valence-electron chi connectivity index (χ2n) is 7.24. The number of rotatable bonds is 5. The Hall–Kier alpha value is -2.24. The van der Waals surface area contributed by atoms with E-state index in [1.165, 1.54) is 25.7 Å². The first-order valence-electron chi connectivity index (χ1n) is 8.83. The molecule has 2 aliphatic rings. The second kappa shape index (κ2) is 6.34. The number of carbonyl (C=O) groups is 1. The van der Waals surface area contributed by atoms with Crippen LogP contribution in [-0.2, 0) is 0 Å². The van der Waals surface area contributed by atoms with Crippen LogP contribution in [0.15, 0.2) is 24.5 Å². The number of nitrogens with one attached hydrogen (secondary N) is 1. The van der Waals surface area contributed by atoms with Crippen molar-refractivity contribution < 1.29 is 4.79 Å². The van der Waals surface area contributed by atoms with E-state index in [0.717, 1.165) is 42.0 Å². The number of fused-ring (bicyclic) bond motifs is 2. The van der Waals surface area contributed by atoms with E-state index < -0.39 is 0 Å². The third kappa shape index (κ3) is 2.92. The van der Waals surface area contributed by atoms with Gasteiger partial charge >= 0.3 is 0 Å². The average molecular weight is 325 g/mol. The van der Waals surface area contributed by atoms with Gasteiger partial charge < -0.3 is 5.32 Å². The predicted molar refractivity (Wildman–Crippen MR) is 89.8 cm³/mol. The van der Waals surface area contributed by atoms with Gasteiger partial charge in [-0.05, 0) is 84.6 Å². The molecular formula is C18H23N5O. The first kappa shape index (κ1) is 15.3. The number of aryl methyl sites for hydroxylation is 1. The fraction of sp³-hybridized carbons (Fsp3) is 0.556. The molecule has 1 heterocycles. The van der Waals surface area contributed by atoms with E-state index in [4.69, 9.17) is 0 Å². The maximum absolute atomic E-state index is 12.4. The van der Waals surface area contributed by atoms with Crippen LogP contribution in [0.4, 0.5) is 0 Å². The fourth-order valence-electron chi connectivity index (χ4n) is 4.53. The molecule has 1 aromatic carbocycles. The molecule has 1 amide bonds. The number of hydrogen-bond acceptors (Lipinski definition) is 4. The highest BCUT2D eigenvalue weighted by Gasteiger charge is 2.38. The number of amides is 1. The van der Waals surface area contributed by atoms with Gasteiger partial charge in [0.1, 0.15) is 6.33 Å². The number of benzene rings is 1. The van der Waals surface area contributed by atoms with Crippen LogP contribution in [0.25, 0.3) is 5.69 Å². The van der Waals surface area contributed by atoms with Crippen LogP contribution in [0.2, 0.25) is 0 Å². The number of nitrogens with zero attached hydrogens (tertiary/aromatic N) is 4. The lowest BCUT2D eigenvalue weighted by molar-refractivity contribution is 0.0949. The molecule has 3 unspecified atom stereocenters. The van der Waals surface area contributed by atoms with Crippen LogP contribution in [-0.4, -0.2) is 32.7 Å². The van der Waals surface area contributed by atoms with Crippen molar-refractivity contribution in [3.05, 3.63) is 35.7 Å². The zero-order chi connectivity index (χ0) is 16.5. The fourth-order valence-corrected chi connectivity index (χ4v) is 4.53. The molecule has 2 aromatic rings. The van der Waals surface area contributed by atoms with Gasteiger partial charge in [0.15, 0.2) is 0 Å². The summed E-state index contributed by atoms with van der Waals surface area (Å²) in [6.07, 6.45) is 8.31. The molecule has 1 aromatic heterocycles. The lowest BCUT2D eigenvalue weighted by Crippen LogP contribution is -2.27. The minimum atomic E-state index is 0.00419. The topological polar surface area (TPSA) is 72.7 Å². The minimum Gasteiger partial charge on any atom is -0.352 e. The van der Waals surface area contributed by atoms with Crippen molar-refractivity contribution in [2.75, 3.05) is 6.54 Å². The van der Waals surface area contributed by atoms with Gasteiger partial charge in [-0.3, -0.25) is 4.79 Å². The van der Waals surface area contributed by atoms with E-state index in [1.54, 1.807) is 11.0 Å².